The maximum atomic E-state index is 14.2. The van der Waals surface area contributed by atoms with Gasteiger partial charge in [0, 0.05) is 70.2 Å². The number of aryl methyl sites for hydroxylation is 6. The van der Waals surface area contributed by atoms with E-state index in [9.17, 15) is 43.3 Å². The molecule has 2 atom stereocenters. The van der Waals surface area contributed by atoms with E-state index in [1.54, 1.807) is 11.8 Å². The SMILES string of the molecule is BrB(Br)Br.CCOC(=O)C[C@@H](c1ccc(O)c(F)c1)N1CCn2cc(CCc3ccc4c(n3)NCCC4)cc2C1=O.CO.O=C(O)C[C@@H](c1ccc(O)c(F)c1)N1CCn2cc(CCc3ccc4c(n3)NCCC4)cc2C1=O. The fourth-order valence-electron chi connectivity index (χ4n) is 10.0. The Bertz CT molecular complexity index is 3090. The lowest BCUT2D eigenvalue weighted by Gasteiger charge is -2.35. The van der Waals surface area contributed by atoms with E-state index >= 15 is 0 Å². The monoisotopic (exact) mass is 1260 g/mol. The number of phenols is 2. The summed E-state index contributed by atoms with van der Waals surface area (Å²) in [6.07, 6.45) is 10.8. The van der Waals surface area contributed by atoms with E-state index < -0.39 is 47.2 Å². The average Bonchev–Trinajstić information content (AvgIpc) is 4.15. The summed E-state index contributed by atoms with van der Waals surface area (Å²) < 4.78 is 37.4. The minimum Gasteiger partial charge on any atom is -0.505 e. The van der Waals surface area contributed by atoms with Crippen molar-refractivity contribution < 1.29 is 53.1 Å². The van der Waals surface area contributed by atoms with Crippen LogP contribution in [0.25, 0.3) is 0 Å². The highest BCUT2D eigenvalue weighted by atomic mass is 79.9. The number of ether oxygens (including phenoxy) is 1. The maximum Gasteiger partial charge on any atom is 0.369 e. The highest BCUT2D eigenvalue weighted by Crippen LogP contribution is 2.34. The lowest BCUT2D eigenvalue weighted by atomic mass is 10.00. The van der Waals surface area contributed by atoms with Crippen molar-refractivity contribution in [3.8, 4) is 11.5 Å². The van der Waals surface area contributed by atoms with Crippen LogP contribution in [0, 0.1) is 11.6 Å². The average molecular weight is 1270 g/mol. The predicted octanol–water partition coefficient (Wildman–Crippen LogP) is 9.33. The number of carbonyl (C=O) groups excluding carboxylic acids is 3. The lowest BCUT2D eigenvalue weighted by molar-refractivity contribution is -0.144. The summed E-state index contributed by atoms with van der Waals surface area (Å²) in [7, 11) is 1.00. The van der Waals surface area contributed by atoms with Crippen LogP contribution in [-0.4, -0.2) is 116 Å². The van der Waals surface area contributed by atoms with Crippen molar-refractivity contribution in [1.29, 1.82) is 0 Å². The number of aliphatic hydroxyl groups excluding tert-OH is 1. The van der Waals surface area contributed by atoms with Crippen molar-refractivity contribution in [2.24, 2.45) is 0 Å². The molecule has 0 bridgehead atoms. The predicted molar refractivity (Wildman–Crippen MR) is 304 cm³/mol. The Labute approximate surface area is 476 Å². The molecule has 6 N–H and O–H groups in total. The molecule has 78 heavy (non-hydrogen) atoms. The largest absolute Gasteiger partial charge is 0.505 e. The molecule has 4 aliphatic heterocycles. The number of carboxylic acid groups (broad SMARTS) is 1. The van der Waals surface area contributed by atoms with E-state index in [2.05, 4.69) is 82.2 Å². The van der Waals surface area contributed by atoms with Crippen LogP contribution < -0.4 is 10.6 Å². The minimum absolute atomic E-state index is 0.102. The van der Waals surface area contributed by atoms with Gasteiger partial charge in [0.15, 0.2) is 23.1 Å². The van der Waals surface area contributed by atoms with Gasteiger partial charge in [-0.05, 0) is 140 Å². The van der Waals surface area contributed by atoms with E-state index in [0.717, 1.165) is 112 Å². The summed E-state index contributed by atoms with van der Waals surface area (Å²) in [6.45, 7) is 5.55. The van der Waals surface area contributed by atoms with Crippen LogP contribution in [0.1, 0.15) is 110 Å². The number of anilines is 2. The Balaban J connectivity index is 0.000000206. The second kappa shape index (κ2) is 28.0. The molecule has 10 rings (SSSR count). The molecule has 0 spiro atoms. The van der Waals surface area contributed by atoms with E-state index in [1.165, 1.54) is 46.4 Å². The van der Waals surface area contributed by atoms with Crippen molar-refractivity contribution in [2.45, 2.75) is 96.3 Å². The molecule has 0 unspecified atom stereocenters. The molecule has 0 aliphatic carbocycles. The number of benzene rings is 2. The fraction of sp³-hybridized carbons (Fsp3) is 0.382. The van der Waals surface area contributed by atoms with Crippen LogP contribution in [0.2, 0.25) is 0 Å². The first kappa shape index (κ1) is 59.4. The summed E-state index contributed by atoms with van der Waals surface area (Å²) in [5, 5.41) is 42.3. The van der Waals surface area contributed by atoms with Crippen LogP contribution in [0.5, 0.6) is 11.5 Å². The smallest absolute Gasteiger partial charge is 0.369 e. The number of aromatic hydroxyl groups is 2. The van der Waals surface area contributed by atoms with E-state index in [0.29, 0.717) is 48.7 Å². The Kier molecular flexibility index (Phi) is 21.3. The summed E-state index contributed by atoms with van der Waals surface area (Å²) in [5.74, 6) is -2.79. The van der Waals surface area contributed by atoms with E-state index in [1.807, 2.05) is 33.7 Å². The maximum absolute atomic E-state index is 14.2. The van der Waals surface area contributed by atoms with Crippen LogP contribution >= 0.6 is 47.3 Å². The van der Waals surface area contributed by atoms with Gasteiger partial charge in [0.05, 0.1) is 31.5 Å². The molecule has 17 nitrogen and oxygen atoms in total. The lowest BCUT2D eigenvalue weighted by Crippen LogP contribution is -2.43. The van der Waals surface area contributed by atoms with Gasteiger partial charge < -0.3 is 54.7 Å². The molecular formula is C55H62BBr3F2N8O9. The molecule has 4 aliphatic rings. The third kappa shape index (κ3) is 15.3. The number of aromatic nitrogens is 4. The second-order valence-electron chi connectivity index (χ2n) is 18.8. The first-order chi connectivity index (χ1) is 37.5. The highest BCUT2D eigenvalue weighted by Gasteiger charge is 2.35. The molecule has 8 heterocycles. The zero-order valence-corrected chi connectivity index (χ0v) is 48.0. The number of fused-ring (bicyclic) bond motifs is 4. The molecule has 23 heteroatoms. The number of aliphatic hydroxyl groups is 1. The number of nitrogens with one attached hydrogen (secondary N) is 2. The number of pyridine rings is 2. The molecule has 2 amide bonds. The topological polar surface area (TPSA) is 225 Å². The number of esters is 1. The molecule has 4 aromatic heterocycles. The van der Waals surface area contributed by atoms with Gasteiger partial charge in [0.2, 0.25) is 0 Å². The third-order valence-corrected chi connectivity index (χ3v) is 13.8. The quantitative estimate of drug-likeness (QED) is 0.0417. The van der Waals surface area contributed by atoms with Crippen molar-refractivity contribution >= 4 is 85.8 Å². The Morgan fingerprint density at radius 2 is 1.10 bits per heavy atom. The van der Waals surface area contributed by atoms with Gasteiger partial charge in [-0.1, -0.05) is 24.3 Å². The number of nitrogens with zero attached hydrogens (tertiary/aromatic N) is 6. The summed E-state index contributed by atoms with van der Waals surface area (Å²) >= 11 is 9.31. The molecule has 0 fully saturated rings. The highest BCUT2D eigenvalue weighted by molar-refractivity contribution is 9.69. The van der Waals surface area contributed by atoms with Gasteiger partial charge in [0.25, 0.3) is 11.8 Å². The number of amides is 2. The first-order valence-corrected chi connectivity index (χ1v) is 28.5. The third-order valence-electron chi connectivity index (χ3n) is 13.8. The number of rotatable bonds is 15. The summed E-state index contributed by atoms with van der Waals surface area (Å²) in [6, 6.07) is 18.3. The van der Waals surface area contributed by atoms with Gasteiger partial charge >= 0.3 is 15.1 Å². The van der Waals surface area contributed by atoms with Gasteiger partial charge in [-0.3, -0.25) is 19.2 Å². The fourth-order valence-corrected chi connectivity index (χ4v) is 10.0. The number of phenolic OH excluding ortho intramolecular Hbond substituents is 2. The van der Waals surface area contributed by atoms with Gasteiger partial charge in [0.1, 0.15) is 23.0 Å². The van der Waals surface area contributed by atoms with Crippen molar-refractivity contribution in [3.05, 3.63) is 153 Å². The molecule has 414 valence electrons. The normalized spacial score (nSPS) is 14.9. The zero-order chi connectivity index (χ0) is 56.0. The van der Waals surface area contributed by atoms with Crippen molar-refractivity contribution in [2.75, 3.05) is 50.5 Å². The Morgan fingerprint density at radius 3 is 1.51 bits per heavy atom. The van der Waals surface area contributed by atoms with Crippen LogP contribution in [-0.2, 0) is 65.9 Å². The molecule has 0 radical (unpaired) electrons. The molecule has 2 aromatic carbocycles. The number of carboxylic acids is 1. The standard InChI is InChI=1S/C28H31FN4O4.C26H27FN4O4.CH4O.BBr3/c1-2-37-26(35)16-23(20-7-10-25(34)22(29)15-20)33-13-12-32-17-18(14-24(32)28(33)36)5-8-21-9-6-19-4-3-11-30-27(19)31-21;27-20-13-18(5-8-23(20)32)21(14-24(33)34)31-11-10-30-15-16(12-22(30)26(31)35)3-6-19-7-4-17-2-1-9-28-25(17)29-19;1-2;2-1(3)4/h6-7,9-10,14-15,17,23,34H,2-5,8,11-13,16H2,1H3,(H,30,31);4-5,7-8,12-13,15,21,32H,1-3,6,9-11,14H2,(H,28,29)(H,33,34);2H,1H3;/t23-;21-;;/m00../s1. The van der Waals surface area contributed by atoms with E-state index in [4.69, 9.17) is 19.8 Å². The van der Waals surface area contributed by atoms with Crippen molar-refractivity contribution in [3.63, 3.8) is 0 Å². The molecule has 0 saturated heterocycles. The Hall–Kier alpha value is -6.30. The van der Waals surface area contributed by atoms with E-state index in [-0.39, 0.29) is 34.4 Å². The number of halogens is 5. The van der Waals surface area contributed by atoms with Gasteiger partial charge in [-0.2, -0.15) is 0 Å². The van der Waals surface area contributed by atoms with Gasteiger partial charge in [-0.15, -0.1) is 47.3 Å². The zero-order valence-electron chi connectivity index (χ0n) is 43.2. The van der Waals surface area contributed by atoms with Crippen LogP contribution in [0.15, 0.2) is 85.2 Å². The minimum atomic E-state index is -1.09. The molecule has 0 saturated carbocycles. The molecular weight excluding hydrogens is 1210 g/mol. The second-order valence-corrected chi connectivity index (χ2v) is 25.3. The number of hydrogen-bond acceptors (Lipinski definition) is 12. The Morgan fingerprint density at radius 1 is 0.667 bits per heavy atom. The number of hydrogen-bond donors (Lipinski definition) is 6. The first-order valence-electron chi connectivity index (χ1n) is 25.7. The van der Waals surface area contributed by atoms with Gasteiger partial charge in [-0.25, -0.2) is 18.7 Å². The summed E-state index contributed by atoms with van der Waals surface area (Å²) in [5.41, 5.74) is 8.34. The number of aliphatic carboxylic acids is 1. The summed E-state index contributed by atoms with van der Waals surface area (Å²) in [4.78, 5) is 63.4. The van der Waals surface area contributed by atoms with Crippen molar-refractivity contribution in [1.82, 2.24) is 28.9 Å². The van der Waals surface area contributed by atoms with Crippen LogP contribution in [0.4, 0.5) is 20.4 Å². The van der Waals surface area contributed by atoms with Crippen LogP contribution in [0.3, 0.4) is 0 Å². The molecule has 6 aromatic rings. The number of carbonyl (C=O) groups is 4.